The van der Waals surface area contributed by atoms with Crippen molar-refractivity contribution in [1.29, 1.82) is 0 Å². The molecule has 0 N–H and O–H groups in total. The molecule has 200 valence electrons. The van der Waals surface area contributed by atoms with E-state index in [0.29, 0.717) is 5.41 Å². The van der Waals surface area contributed by atoms with E-state index in [1.807, 2.05) is 11.8 Å². The summed E-state index contributed by atoms with van der Waals surface area (Å²) in [5, 5.41) is 0. The van der Waals surface area contributed by atoms with Crippen LogP contribution in [0.2, 0.25) is 0 Å². The van der Waals surface area contributed by atoms with E-state index < -0.39 is 0 Å². The molecule has 3 fully saturated rings. The van der Waals surface area contributed by atoms with Gasteiger partial charge in [-0.05, 0) is 98.3 Å². The lowest BCUT2D eigenvalue weighted by atomic mass is 9.57. The summed E-state index contributed by atoms with van der Waals surface area (Å²) in [7, 11) is 0. The first-order valence-electron chi connectivity index (χ1n) is 15.2. The SMILES string of the molecule is CCSc1ccc(N2CC(CN3CCC(C4(C5CCCC5)CN(CC)Cc5ccccc54)CC3)C2)cc1. The zero-order valence-electron chi connectivity index (χ0n) is 23.2. The van der Waals surface area contributed by atoms with Crippen LogP contribution in [0.15, 0.2) is 53.4 Å². The minimum absolute atomic E-state index is 0.378. The number of hydrogen-bond acceptors (Lipinski definition) is 4. The van der Waals surface area contributed by atoms with Crippen molar-refractivity contribution in [3.63, 3.8) is 0 Å². The first-order valence-corrected chi connectivity index (χ1v) is 16.2. The molecule has 37 heavy (non-hydrogen) atoms. The average molecular weight is 518 g/mol. The fourth-order valence-corrected chi connectivity index (χ4v) is 9.03. The van der Waals surface area contributed by atoms with Crippen molar-refractivity contribution in [2.75, 3.05) is 56.5 Å². The third kappa shape index (κ3) is 5.11. The predicted octanol–water partition coefficient (Wildman–Crippen LogP) is 6.91. The second kappa shape index (κ2) is 11.3. The summed E-state index contributed by atoms with van der Waals surface area (Å²) in [4.78, 5) is 9.55. The molecule has 3 heterocycles. The molecule has 0 spiro atoms. The molecular weight excluding hydrogens is 470 g/mol. The van der Waals surface area contributed by atoms with Crippen LogP contribution >= 0.6 is 11.8 Å². The molecule has 0 aromatic heterocycles. The van der Waals surface area contributed by atoms with Crippen molar-refractivity contribution in [2.45, 2.75) is 69.2 Å². The molecule has 2 saturated heterocycles. The quantitative estimate of drug-likeness (QED) is 0.352. The van der Waals surface area contributed by atoms with E-state index in [0.717, 1.165) is 30.1 Å². The van der Waals surface area contributed by atoms with Gasteiger partial charge in [0.2, 0.25) is 0 Å². The van der Waals surface area contributed by atoms with Gasteiger partial charge in [-0.25, -0.2) is 0 Å². The number of likely N-dealkylation sites (N-methyl/N-ethyl adjacent to an activating group) is 1. The Morgan fingerprint density at radius 1 is 0.838 bits per heavy atom. The Bertz CT molecular complexity index is 1020. The van der Waals surface area contributed by atoms with Gasteiger partial charge in [0, 0.05) is 54.6 Å². The molecule has 1 atom stereocenters. The van der Waals surface area contributed by atoms with Gasteiger partial charge in [-0.1, -0.05) is 51.0 Å². The first-order chi connectivity index (χ1) is 18.2. The van der Waals surface area contributed by atoms with E-state index in [4.69, 9.17) is 0 Å². The van der Waals surface area contributed by atoms with Gasteiger partial charge >= 0.3 is 0 Å². The Kier molecular flexibility index (Phi) is 7.88. The smallest absolute Gasteiger partial charge is 0.0367 e. The highest BCUT2D eigenvalue weighted by molar-refractivity contribution is 7.99. The van der Waals surface area contributed by atoms with E-state index in [1.165, 1.54) is 94.9 Å². The van der Waals surface area contributed by atoms with Crippen molar-refractivity contribution in [3.05, 3.63) is 59.7 Å². The minimum Gasteiger partial charge on any atom is -0.371 e. The fourth-order valence-electron chi connectivity index (χ4n) is 8.37. The number of hydrogen-bond donors (Lipinski definition) is 0. The fraction of sp³-hybridized carbons (Fsp3) is 0.636. The normalized spacial score (nSPS) is 26.4. The molecule has 0 bridgehead atoms. The molecule has 2 aromatic carbocycles. The van der Waals surface area contributed by atoms with Crippen LogP contribution < -0.4 is 4.90 Å². The number of likely N-dealkylation sites (tertiary alicyclic amines) is 1. The maximum absolute atomic E-state index is 2.81. The lowest BCUT2D eigenvalue weighted by Crippen LogP contribution is -2.57. The first kappa shape index (κ1) is 25.8. The molecule has 1 saturated carbocycles. The number of fused-ring (bicyclic) bond motifs is 1. The number of anilines is 1. The molecule has 0 radical (unpaired) electrons. The highest BCUT2D eigenvalue weighted by Crippen LogP contribution is 2.53. The van der Waals surface area contributed by atoms with Crippen LogP contribution in [0.4, 0.5) is 5.69 Å². The maximum Gasteiger partial charge on any atom is 0.0367 e. The zero-order chi connectivity index (χ0) is 25.2. The van der Waals surface area contributed by atoms with Crippen LogP contribution in [0.3, 0.4) is 0 Å². The predicted molar refractivity (Wildman–Crippen MR) is 159 cm³/mol. The van der Waals surface area contributed by atoms with Gasteiger partial charge < -0.3 is 9.80 Å². The molecule has 4 heteroatoms. The highest BCUT2D eigenvalue weighted by Gasteiger charge is 2.51. The number of thioether (sulfide) groups is 1. The standard InChI is InChI=1S/C33H47N3S/c1-3-34-24-27-9-5-8-12-32(27)33(25-34,28-10-6-7-11-28)29-17-19-35(20-18-29)21-26-22-36(23-26)30-13-15-31(16-14-30)37-4-2/h5,8-9,12-16,26,28-29H,3-4,6-7,10-11,17-25H2,1-2H3. The second-order valence-electron chi connectivity index (χ2n) is 12.3. The van der Waals surface area contributed by atoms with Gasteiger partial charge in [0.1, 0.15) is 0 Å². The summed E-state index contributed by atoms with van der Waals surface area (Å²) in [5.41, 5.74) is 5.15. The molecule has 4 aliphatic rings. The summed E-state index contributed by atoms with van der Waals surface area (Å²) in [6, 6.07) is 18.8. The molecule has 3 nitrogen and oxygen atoms in total. The van der Waals surface area contributed by atoms with Gasteiger partial charge in [0.05, 0.1) is 0 Å². The van der Waals surface area contributed by atoms with Gasteiger partial charge in [0.25, 0.3) is 0 Å². The van der Waals surface area contributed by atoms with Crippen LogP contribution in [0.25, 0.3) is 0 Å². The molecule has 1 unspecified atom stereocenters. The lowest BCUT2D eigenvalue weighted by molar-refractivity contribution is 0.0359. The summed E-state index contributed by atoms with van der Waals surface area (Å²) < 4.78 is 0. The zero-order valence-corrected chi connectivity index (χ0v) is 24.0. The largest absolute Gasteiger partial charge is 0.371 e. The summed E-state index contributed by atoms with van der Waals surface area (Å²) in [5.74, 6) is 3.69. The van der Waals surface area contributed by atoms with Crippen LogP contribution in [0, 0.1) is 17.8 Å². The Morgan fingerprint density at radius 2 is 1.54 bits per heavy atom. The van der Waals surface area contributed by atoms with Crippen molar-refractivity contribution in [2.24, 2.45) is 17.8 Å². The topological polar surface area (TPSA) is 9.72 Å². The molecule has 6 rings (SSSR count). The second-order valence-corrected chi connectivity index (χ2v) is 13.6. The third-order valence-corrected chi connectivity index (χ3v) is 11.1. The number of rotatable bonds is 8. The van der Waals surface area contributed by atoms with Gasteiger partial charge in [-0.3, -0.25) is 4.90 Å². The summed E-state index contributed by atoms with van der Waals surface area (Å²) in [6.45, 7) is 14.6. The van der Waals surface area contributed by atoms with Gasteiger partial charge in [0.15, 0.2) is 0 Å². The van der Waals surface area contributed by atoms with Crippen LogP contribution in [-0.2, 0) is 12.0 Å². The van der Waals surface area contributed by atoms with Crippen LogP contribution in [0.1, 0.15) is 63.5 Å². The lowest BCUT2D eigenvalue weighted by Gasteiger charge is -2.54. The van der Waals surface area contributed by atoms with E-state index >= 15 is 0 Å². The molecule has 1 aliphatic carbocycles. The third-order valence-electron chi connectivity index (χ3n) is 10.2. The Hall–Kier alpha value is -1.49. The minimum atomic E-state index is 0.378. The van der Waals surface area contributed by atoms with Crippen molar-refractivity contribution in [3.8, 4) is 0 Å². The highest BCUT2D eigenvalue weighted by atomic mass is 32.2. The van der Waals surface area contributed by atoms with E-state index in [2.05, 4.69) is 77.1 Å². The maximum atomic E-state index is 2.81. The molecule has 0 amide bonds. The average Bonchev–Trinajstić information content (AvgIpc) is 3.47. The number of nitrogens with zero attached hydrogens (tertiary/aromatic N) is 3. The molecule has 2 aromatic rings. The summed E-state index contributed by atoms with van der Waals surface area (Å²) >= 11 is 1.93. The summed E-state index contributed by atoms with van der Waals surface area (Å²) in [6.07, 6.45) is 8.55. The van der Waals surface area contributed by atoms with Crippen molar-refractivity contribution >= 4 is 17.4 Å². The Morgan fingerprint density at radius 3 is 2.24 bits per heavy atom. The molecule has 3 aliphatic heterocycles. The van der Waals surface area contributed by atoms with E-state index in [-0.39, 0.29) is 0 Å². The monoisotopic (exact) mass is 517 g/mol. The number of benzene rings is 2. The van der Waals surface area contributed by atoms with Crippen LogP contribution in [-0.4, -0.2) is 61.4 Å². The van der Waals surface area contributed by atoms with Gasteiger partial charge in [-0.2, -0.15) is 0 Å². The van der Waals surface area contributed by atoms with Crippen molar-refractivity contribution in [1.82, 2.24) is 9.80 Å². The number of piperidine rings is 1. The van der Waals surface area contributed by atoms with E-state index in [9.17, 15) is 0 Å². The Labute approximate surface area is 230 Å². The Balaban J connectivity index is 1.09. The van der Waals surface area contributed by atoms with Gasteiger partial charge in [-0.15, -0.1) is 11.8 Å². The van der Waals surface area contributed by atoms with Crippen molar-refractivity contribution < 1.29 is 0 Å². The van der Waals surface area contributed by atoms with E-state index in [1.54, 1.807) is 11.1 Å². The van der Waals surface area contributed by atoms with Crippen LogP contribution in [0.5, 0.6) is 0 Å². The molecular formula is C33H47N3S.